The minimum Gasteiger partial charge on any atom is -0.365 e. The summed E-state index contributed by atoms with van der Waals surface area (Å²) in [6.45, 7) is 0.682. The Hall–Kier alpha value is -2.60. The van der Waals surface area contributed by atoms with Crippen molar-refractivity contribution >= 4 is 37.6 Å². The van der Waals surface area contributed by atoms with Gasteiger partial charge in [0.15, 0.2) is 0 Å². The van der Waals surface area contributed by atoms with E-state index in [1.165, 1.54) is 0 Å². The van der Waals surface area contributed by atoms with Crippen molar-refractivity contribution in [3.05, 3.63) is 54.7 Å². The van der Waals surface area contributed by atoms with Crippen LogP contribution in [0.1, 0.15) is 5.56 Å². The van der Waals surface area contributed by atoms with Gasteiger partial charge in [-0.2, -0.15) is 0 Å². The van der Waals surface area contributed by atoms with Crippen LogP contribution in [0.4, 0.5) is 5.82 Å². The summed E-state index contributed by atoms with van der Waals surface area (Å²) in [6, 6.07) is 7.93. The third-order valence-corrected chi connectivity index (χ3v) is 4.32. The highest BCUT2D eigenvalue weighted by atomic mass is 32.1. The Kier molecular flexibility index (Phi) is 2.93. The number of pyridine rings is 2. The molecule has 0 saturated carbocycles. The summed E-state index contributed by atoms with van der Waals surface area (Å²) >= 11 is 1.61. The zero-order valence-electron chi connectivity index (χ0n) is 11.0. The van der Waals surface area contributed by atoms with E-state index in [0.717, 1.165) is 31.8 Å². The molecule has 0 fully saturated rings. The molecule has 0 bridgehead atoms. The van der Waals surface area contributed by atoms with Gasteiger partial charge in [-0.15, -0.1) is 11.3 Å². The van der Waals surface area contributed by atoms with E-state index >= 15 is 0 Å². The van der Waals surface area contributed by atoms with Crippen molar-refractivity contribution in [2.45, 2.75) is 6.54 Å². The molecule has 0 radical (unpaired) electrons. The van der Waals surface area contributed by atoms with E-state index in [9.17, 15) is 0 Å². The van der Waals surface area contributed by atoms with Crippen molar-refractivity contribution in [2.75, 3.05) is 5.32 Å². The average Bonchev–Trinajstić information content (AvgIpc) is 2.93. The lowest BCUT2D eigenvalue weighted by molar-refractivity contribution is 1.08. The fourth-order valence-corrected chi connectivity index (χ4v) is 3.29. The van der Waals surface area contributed by atoms with Gasteiger partial charge in [-0.25, -0.2) is 15.0 Å². The summed E-state index contributed by atoms with van der Waals surface area (Å²) in [7, 11) is 0. The summed E-state index contributed by atoms with van der Waals surface area (Å²) in [5, 5.41) is 4.43. The van der Waals surface area contributed by atoms with Gasteiger partial charge >= 0.3 is 0 Å². The molecule has 21 heavy (non-hydrogen) atoms. The summed E-state index contributed by atoms with van der Waals surface area (Å²) in [5.74, 6) is 0.840. The first kappa shape index (κ1) is 12.2. The van der Waals surface area contributed by atoms with Crippen molar-refractivity contribution in [1.82, 2.24) is 19.9 Å². The number of fused-ring (bicyclic) bond motifs is 3. The van der Waals surface area contributed by atoms with Gasteiger partial charge in [-0.1, -0.05) is 6.07 Å². The van der Waals surface area contributed by atoms with E-state index in [0.29, 0.717) is 6.54 Å². The molecule has 4 rings (SSSR count). The molecule has 0 spiro atoms. The highest BCUT2D eigenvalue weighted by Crippen LogP contribution is 2.34. The van der Waals surface area contributed by atoms with Crippen LogP contribution in [0.5, 0.6) is 0 Å². The fourth-order valence-electron chi connectivity index (χ4n) is 2.23. The quantitative estimate of drug-likeness (QED) is 0.628. The molecule has 0 saturated heterocycles. The van der Waals surface area contributed by atoms with Crippen LogP contribution >= 0.6 is 11.3 Å². The SMILES string of the molecule is c1cncc(CNc2ncnc3c2sc2ncccc23)c1. The van der Waals surface area contributed by atoms with Gasteiger partial charge in [0, 0.05) is 30.5 Å². The van der Waals surface area contributed by atoms with E-state index in [1.807, 2.05) is 30.5 Å². The van der Waals surface area contributed by atoms with Crippen LogP contribution in [0.2, 0.25) is 0 Å². The van der Waals surface area contributed by atoms with Crippen LogP contribution in [0.25, 0.3) is 20.4 Å². The van der Waals surface area contributed by atoms with Gasteiger partial charge < -0.3 is 5.32 Å². The standard InChI is InChI=1S/C15H11N5S/c1-3-10(7-16-5-1)8-18-14-13-12(19-9-20-14)11-4-2-6-17-15(11)21-13/h1-7,9H,8H2,(H,18,19,20). The molecule has 0 aliphatic rings. The Bertz CT molecular complexity index is 904. The van der Waals surface area contributed by atoms with Gasteiger partial charge in [0.25, 0.3) is 0 Å². The zero-order chi connectivity index (χ0) is 14.1. The summed E-state index contributed by atoms with van der Waals surface area (Å²) < 4.78 is 1.04. The largest absolute Gasteiger partial charge is 0.365 e. The molecule has 0 aromatic carbocycles. The van der Waals surface area contributed by atoms with E-state index in [-0.39, 0.29) is 0 Å². The number of nitrogens with one attached hydrogen (secondary N) is 1. The summed E-state index contributed by atoms with van der Waals surface area (Å²) in [5.41, 5.74) is 2.07. The molecule has 6 heteroatoms. The minimum absolute atomic E-state index is 0.682. The molecule has 1 N–H and O–H groups in total. The number of hydrogen-bond acceptors (Lipinski definition) is 6. The van der Waals surface area contributed by atoms with Crippen LogP contribution in [0.15, 0.2) is 49.2 Å². The second kappa shape index (κ2) is 5.06. The van der Waals surface area contributed by atoms with Crippen molar-refractivity contribution in [1.29, 1.82) is 0 Å². The van der Waals surface area contributed by atoms with E-state index in [1.54, 1.807) is 30.1 Å². The molecule has 4 aromatic heterocycles. The van der Waals surface area contributed by atoms with Crippen LogP contribution in [0, 0.1) is 0 Å². The lowest BCUT2D eigenvalue weighted by Crippen LogP contribution is -2.01. The monoisotopic (exact) mass is 293 g/mol. The third-order valence-electron chi connectivity index (χ3n) is 3.21. The first-order chi connectivity index (χ1) is 10.4. The van der Waals surface area contributed by atoms with Crippen molar-refractivity contribution in [3.8, 4) is 0 Å². The lowest BCUT2D eigenvalue weighted by Gasteiger charge is -2.05. The average molecular weight is 293 g/mol. The van der Waals surface area contributed by atoms with Crippen LogP contribution in [-0.2, 0) is 6.54 Å². The Labute approximate surface area is 124 Å². The zero-order valence-corrected chi connectivity index (χ0v) is 11.8. The Balaban J connectivity index is 1.75. The molecule has 0 amide bonds. The molecule has 102 valence electrons. The maximum Gasteiger partial charge on any atom is 0.147 e. The molecule has 0 atom stereocenters. The Morgan fingerprint density at radius 3 is 2.90 bits per heavy atom. The molecule has 0 unspecified atom stereocenters. The molecular weight excluding hydrogens is 282 g/mol. The highest BCUT2D eigenvalue weighted by Gasteiger charge is 2.11. The summed E-state index contributed by atoms with van der Waals surface area (Å²) in [4.78, 5) is 18.2. The second-order valence-corrected chi connectivity index (χ2v) is 5.57. The highest BCUT2D eigenvalue weighted by molar-refractivity contribution is 7.25. The predicted octanol–water partition coefficient (Wildman–Crippen LogP) is 3.25. The number of rotatable bonds is 3. The van der Waals surface area contributed by atoms with E-state index < -0.39 is 0 Å². The molecular formula is C15H11N5S. The van der Waals surface area contributed by atoms with Crippen LogP contribution in [-0.4, -0.2) is 19.9 Å². The van der Waals surface area contributed by atoms with Crippen molar-refractivity contribution in [2.24, 2.45) is 0 Å². The smallest absolute Gasteiger partial charge is 0.147 e. The summed E-state index contributed by atoms with van der Waals surface area (Å²) in [6.07, 6.45) is 7.00. The van der Waals surface area contributed by atoms with Crippen molar-refractivity contribution in [3.63, 3.8) is 0 Å². The normalized spacial score (nSPS) is 11.0. The molecule has 0 aliphatic carbocycles. The van der Waals surface area contributed by atoms with E-state index in [4.69, 9.17) is 0 Å². The van der Waals surface area contributed by atoms with Gasteiger partial charge in [0.1, 0.15) is 17.0 Å². The predicted molar refractivity (Wildman–Crippen MR) is 84.3 cm³/mol. The van der Waals surface area contributed by atoms with Crippen LogP contribution in [0.3, 0.4) is 0 Å². The number of hydrogen-bond donors (Lipinski definition) is 1. The second-order valence-electron chi connectivity index (χ2n) is 4.57. The first-order valence-electron chi connectivity index (χ1n) is 6.53. The van der Waals surface area contributed by atoms with Gasteiger partial charge in [-0.05, 0) is 23.8 Å². The third kappa shape index (κ3) is 2.19. The van der Waals surface area contributed by atoms with Crippen molar-refractivity contribution < 1.29 is 0 Å². The molecule has 0 aliphatic heterocycles. The molecule has 4 heterocycles. The Morgan fingerprint density at radius 2 is 2.00 bits per heavy atom. The number of thiophene rings is 1. The first-order valence-corrected chi connectivity index (χ1v) is 7.34. The molecule has 5 nitrogen and oxygen atoms in total. The maximum atomic E-state index is 4.39. The lowest BCUT2D eigenvalue weighted by atomic mass is 10.3. The maximum absolute atomic E-state index is 4.39. The number of anilines is 1. The van der Waals surface area contributed by atoms with Crippen LogP contribution < -0.4 is 5.32 Å². The fraction of sp³-hybridized carbons (Fsp3) is 0.0667. The minimum atomic E-state index is 0.682. The topological polar surface area (TPSA) is 63.6 Å². The van der Waals surface area contributed by atoms with Gasteiger partial charge in [0.05, 0.1) is 10.2 Å². The van der Waals surface area contributed by atoms with Gasteiger partial charge in [0.2, 0.25) is 0 Å². The molecule has 4 aromatic rings. The number of aromatic nitrogens is 4. The Morgan fingerprint density at radius 1 is 1.05 bits per heavy atom. The van der Waals surface area contributed by atoms with E-state index in [2.05, 4.69) is 25.3 Å². The van der Waals surface area contributed by atoms with Gasteiger partial charge in [-0.3, -0.25) is 4.98 Å². The number of nitrogens with zero attached hydrogens (tertiary/aromatic N) is 4.